The van der Waals surface area contributed by atoms with Gasteiger partial charge in [0, 0.05) is 22.9 Å². The van der Waals surface area contributed by atoms with Crippen molar-refractivity contribution >= 4 is 17.7 Å². The van der Waals surface area contributed by atoms with E-state index in [9.17, 15) is 9.18 Å². The summed E-state index contributed by atoms with van der Waals surface area (Å²) in [6, 6.07) is 8.68. The molecule has 0 aliphatic carbocycles. The number of anilines is 1. The highest BCUT2D eigenvalue weighted by Gasteiger charge is 2.16. The lowest BCUT2D eigenvalue weighted by molar-refractivity contribution is -0.111. The summed E-state index contributed by atoms with van der Waals surface area (Å²) in [6.07, 6.45) is 2.96. The molecule has 3 rings (SSSR count). The molecule has 0 radical (unpaired) electrons. The molecule has 1 amide bonds. The molecular formula is C21H22FNO3. The van der Waals surface area contributed by atoms with Gasteiger partial charge in [0.05, 0.1) is 6.61 Å². The summed E-state index contributed by atoms with van der Waals surface area (Å²) in [6.45, 7) is 6.53. The number of hydrogen-bond acceptors (Lipinski definition) is 3. The zero-order chi connectivity index (χ0) is 18.7. The van der Waals surface area contributed by atoms with Crippen molar-refractivity contribution in [3.8, 4) is 5.75 Å². The van der Waals surface area contributed by atoms with Crippen molar-refractivity contribution in [2.45, 2.75) is 33.3 Å². The first kappa shape index (κ1) is 18.1. The number of aryl methyl sites for hydroxylation is 1. The summed E-state index contributed by atoms with van der Waals surface area (Å²) in [5.74, 6) is 0.184. The van der Waals surface area contributed by atoms with E-state index in [1.807, 2.05) is 25.1 Å². The molecule has 0 spiro atoms. The van der Waals surface area contributed by atoms with Gasteiger partial charge in [0.25, 0.3) is 0 Å². The van der Waals surface area contributed by atoms with E-state index in [2.05, 4.69) is 19.2 Å². The standard InChI is InChI=1S/C21H22FNO3/c1-13(2)18-6-4-5-14(3)20(18)23-19(24)8-7-15-9-17(22)10-16-11-25-12-26-21(15)16/h4-10,13H,11-12H2,1-3H3,(H,23,24). The van der Waals surface area contributed by atoms with Gasteiger partial charge in [-0.3, -0.25) is 4.79 Å². The Kier molecular flexibility index (Phi) is 5.38. The largest absolute Gasteiger partial charge is 0.467 e. The van der Waals surface area contributed by atoms with Crippen molar-refractivity contribution in [3.63, 3.8) is 0 Å². The molecule has 0 unspecified atom stereocenters. The van der Waals surface area contributed by atoms with Crippen LogP contribution in [0.25, 0.3) is 6.08 Å². The van der Waals surface area contributed by atoms with Crippen molar-refractivity contribution in [2.24, 2.45) is 0 Å². The molecule has 1 aliphatic heterocycles. The highest BCUT2D eigenvalue weighted by molar-refractivity contribution is 6.03. The number of hydrogen-bond donors (Lipinski definition) is 1. The Morgan fingerprint density at radius 3 is 2.88 bits per heavy atom. The van der Waals surface area contributed by atoms with E-state index in [4.69, 9.17) is 9.47 Å². The summed E-state index contributed by atoms with van der Waals surface area (Å²) >= 11 is 0. The average Bonchev–Trinajstić information content (AvgIpc) is 2.61. The molecule has 0 atom stereocenters. The van der Waals surface area contributed by atoms with Crippen molar-refractivity contribution in [2.75, 3.05) is 12.1 Å². The number of halogens is 1. The second kappa shape index (κ2) is 7.70. The van der Waals surface area contributed by atoms with Crippen LogP contribution in [0.15, 0.2) is 36.4 Å². The molecule has 4 nitrogen and oxygen atoms in total. The van der Waals surface area contributed by atoms with Gasteiger partial charge < -0.3 is 14.8 Å². The van der Waals surface area contributed by atoms with Crippen LogP contribution in [-0.4, -0.2) is 12.7 Å². The number of carbonyl (C=O) groups is 1. The smallest absolute Gasteiger partial charge is 0.248 e. The van der Waals surface area contributed by atoms with Crippen LogP contribution in [0.5, 0.6) is 5.75 Å². The minimum atomic E-state index is -0.390. The Hall–Kier alpha value is -2.66. The molecule has 0 saturated carbocycles. The third-order valence-corrected chi connectivity index (χ3v) is 4.29. The first-order valence-electron chi connectivity index (χ1n) is 8.57. The van der Waals surface area contributed by atoms with Crippen molar-refractivity contribution in [1.29, 1.82) is 0 Å². The summed E-state index contributed by atoms with van der Waals surface area (Å²) in [5, 5.41) is 2.94. The maximum atomic E-state index is 13.8. The molecule has 136 valence electrons. The van der Waals surface area contributed by atoms with Crippen LogP contribution in [0.1, 0.15) is 42.0 Å². The molecule has 2 aromatic carbocycles. The maximum absolute atomic E-state index is 13.8. The predicted octanol–water partition coefficient (Wildman–Crippen LogP) is 4.78. The first-order valence-corrected chi connectivity index (χ1v) is 8.57. The lowest BCUT2D eigenvalue weighted by Gasteiger charge is -2.19. The summed E-state index contributed by atoms with van der Waals surface area (Å²) in [7, 11) is 0. The van der Waals surface area contributed by atoms with E-state index in [-0.39, 0.29) is 24.4 Å². The second-order valence-electron chi connectivity index (χ2n) is 6.61. The average molecular weight is 355 g/mol. The van der Waals surface area contributed by atoms with Gasteiger partial charge in [0.15, 0.2) is 6.79 Å². The molecule has 0 fully saturated rings. The van der Waals surface area contributed by atoms with Crippen LogP contribution in [0.2, 0.25) is 0 Å². The van der Waals surface area contributed by atoms with Gasteiger partial charge in [-0.15, -0.1) is 0 Å². The molecule has 0 bridgehead atoms. The van der Waals surface area contributed by atoms with Crippen molar-refractivity contribution in [1.82, 2.24) is 0 Å². The van der Waals surface area contributed by atoms with E-state index >= 15 is 0 Å². The van der Waals surface area contributed by atoms with E-state index in [1.165, 1.54) is 18.2 Å². The Balaban J connectivity index is 1.83. The molecule has 0 saturated heterocycles. The van der Waals surface area contributed by atoms with Gasteiger partial charge in [-0.2, -0.15) is 0 Å². The third-order valence-electron chi connectivity index (χ3n) is 4.29. The lowest BCUT2D eigenvalue weighted by Crippen LogP contribution is -2.13. The Labute approximate surface area is 152 Å². The van der Waals surface area contributed by atoms with Gasteiger partial charge in [-0.25, -0.2) is 4.39 Å². The fourth-order valence-electron chi connectivity index (χ4n) is 3.01. The van der Waals surface area contributed by atoms with Gasteiger partial charge in [0.2, 0.25) is 5.91 Å². The van der Waals surface area contributed by atoms with E-state index < -0.39 is 0 Å². The van der Waals surface area contributed by atoms with E-state index in [0.717, 1.165) is 16.8 Å². The minimum Gasteiger partial charge on any atom is -0.467 e. The highest BCUT2D eigenvalue weighted by atomic mass is 19.1. The number of fused-ring (bicyclic) bond motifs is 1. The molecular weight excluding hydrogens is 333 g/mol. The van der Waals surface area contributed by atoms with E-state index in [0.29, 0.717) is 23.5 Å². The van der Waals surface area contributed by atoms with Gasteiger partial charge >= 0.3 is 0 Å². The third kappa shape index (κ3) is 3.94. The number of rotatable bonds is 4. The first-order chi connectivity index (χ1) is 12.5. The van der Waals surface area contributed by atoms with Crippen LogP contribution in [0.4, 0.5) is 10.1 Å². The van der Waals surface area contributed by atoms with Crippen LogP contribution in [0.3, 0.4) is 0 Å². The number of para-hydroxylation sites is 1. The Bertz CT molecular complexity index is 859. The molecule has 5 heteroatoms. The topological polar surface area (TPSA) is 47.6 Å². The Morgan fingerprint density at radius 1 is 1.31 bits per heavy atom. The zero-order valence-electron chi connectivity index (χ0n) is 15.1. The van der Waals surface area contributed by atoms with Crippen LogP contribution in [0, 0.1) is 12.7 Å². The number of amides is 1. The number of carbonyl (C=O) groups excluding carboxylic acids is 1. The normalized spacial score (nSPS) is 13.6. The summed E-state index contributed by atoms with van der Waals surface area (Å²) in [4.78, 5) is 12.4. The molecule has 0 aromatic heterocycles. The number of ether oxygens (including phenoxy) is 2. The van der Waals surface area contributed by atoms with E-state index in [1.54, 1.807) is 6.08 Å². The van der Waals surface area contributed by atoms with Gasteiger partial charge in [0.1, 0.15) is 11.6 Å². The van der Waals surface area contributed by atoms with Gasteiger partial charge in [-0.05, 0) is 42.2 Å². The van der Waals surface area contributed by atoms with Crippen molar-refractivity contribution in [3.05, 3.63) is 64.5 Å². The minimum absolute atomic E-state index is 0.118. The molecule has 1 heterocycles. The Morgan fingerprint density at radius 2 is 2.12 bits per heavy atom. The fraction of sp³-hybridized carbons (Fsp3) is 0.286. The second-order valence-corrected chi connectivity index (χ2v) is 6.61. The summed E-state index contributed by atoms with van der Waals surface area (Å²) < 4.78 is 24.4. The van der Waals surface area contributed by atoms with Gasteiger partial charge in [-0.1, -0.05) is 32.0 Å². The maximum Gasteiger partial charge on any atom is 0.248 e. The highest BCUT2D eigenvalue weighted by Crippen LogP contribution is 2.31. The number of nitrogens with one attached hydrogen (secondary N) is 1. The van der Waals surface area contributed by atoms with Crippen LogP contribution >= 0.6 is 0 Å². The molecule has 1 aliphatic rings. The van der Waals surface area contributed by atoms with Crippen LogP contribution in [-0.2, 0) is 16.1 Å². The monoisotopic (exact) mass is 355 g/mol. The SMILES string of the molecule is Cc1cccc(C(C)C)c1NC(=O)C=Cc1cc(F)cc2c1OCOC2. The molecule has 2 aromatic rings. The van der Waals surface area contributed by atoms with Crippen molar-refractivity contribution < 1.29 is 18.7 Å². The predicted molar refractivity (Wildman–Crippen MR) is 99.6 cm³/mol. The lowest BCUT2D eigenvalue weighted by atomic mass is 9.98. The molecule has 1 N–H and O–H groups in total. The number of benzene rings is 2. The quantitative estimate of drug-likeness (QED) is 0.803. The summed E-state index contributed by atoms with van der Waals surface area (Å²) in [5.41, 5.74) is 4.06. The zero-order valence-corrected chi connectivity index (χ0v) is 15.1. The molecule has 26 heavy (non-hydrogen) atoms. The van der Waals surface area contributed by atoms with Crippen LogP contribution < -0.4 is 10.1 Å². The fourth-order valence-corrected chi connectivity index (χ4v) is 3.01.